The number of hydrogen-bond acceptors (Lipinski definition) is 4. The first kappa shape index (κ1) is 16.2. The van der Waals surface area contributed by atoms with Gasteiger partial charge in [0, 0.05) is 24.8 Å². The van der Waals surface area contributed by atoms with Gasteiger partial charge in [0.15, 0.2) is 0 Å². The molecule has 0 unspecified atom stereocenters. The second kappa shape index (κ2) is 6.70. The minimum atomic E-state index is -0.108. The van der Waals surface area contributed by atoms with Crippen LogP contribution in [0.15, 0.2) is 29.2 Å². The Morgan fingerprint density at radius 2 is 2.14 bits per heavy atom. The van der Waals surface area contributed by atoms with Gasteiger partial charge < -0.3 is 5.32 Å². The minimum absolute atomic E-state index is 0.0364. The Balaban J connectivity index is 2.13. The number of aromatic nitrogens is 2. The van der Waals surface area contributed by atoms with Crippen molar-refractivity contribution >= 4 is 11.6 Å². The quantitative estimate of drug-likeness (QED) is 0.893. The molecule has 2 heterocycles. The summed E-state index contributed by atoms with van der Waals surface area (Å²) >= 11 is 0. The molecule has 22 heavy (non-hydrogen) atoms. The molecule has 6 nitrogen and oxygen atoms in total. The summed E-state index contributed by atoms with van der Waals surface area (Å²) in [5, 5.41) is 2.84. The first-order valence-corrected chi connectivity index (χ1v) is 7.32. The van der Waals surface area contributed by atoms with Crippen LogP contribution in [0, 0.1) is 6.92 Å². The van der Waals surface area contributed by atoms with Gasteiger partial charge in [0.25, 0.3) is 5.56 Å². The van der Waals surface area contributed by atoms with Crippen LogP contribution >= 0.6 is 0 Å². The zero-order valence-corrected chi connectivity index (χ0v) is 13.5. The number of likely N-dealkylation sites (N-methyl/N-ethyl adjacent to an activating group) is 1. The highest BCUT2D eigenvalue weighted by Gasteiger charge is 2.10. The van der Waals surface area contributed by atoms with Crippen LogP contribution in [0.3, 0.4) is 0 Å². The first-order valence-electron chi connectivity index (χ1n) is 7.32. The molecule has 1 amide bonds. The number of rotatable bonds is 5. The van der Waals surface area contributed by atoms with Gasteiger partial charge in [-0.3, -0.25) is 18.9 Å². The summed E-state index contributed by atoms with van der Waals surface area (Å²) in [5.74, 6) is -0.0364. The lowest BCUT2D eigenvalue weighted by Crippen LogP contribution is -2.38. The van der Waals surface area contributed by atoms with Crippen LogP contribution in [0.5, 0.6) is 0 Å². The Kier molecular flexibility index (Phi) is 4.92. The minimum Gasteiger partial charge on any atom is -0.353 e. The van der Waals surface area contributed by atoms with Crippen molar-refractivity contribution in [2.45, 2.75) is 33.4 Å². The molecule has 118 valence electrons. The number of aryl methyl sites for hydroxylation is 1. The van der Waals surface area contributed by atoms with Crippen molar-refractivity contribution in [3.63, 3.8) is 0 Å². The van der Waals surface area contributed by atoms with Crippen LogP contribution in [0.25, 0.3) is 5.65 Å². The number of amides is 1. The molecule has 2 aromatic heterocycles. The Hall–Kier alpha value is -2.21. The second-order valence-electron chi connectivity index (χ2n) is 5.91. The van der Waals surface area contributed by atoms with E-state index < -0.39 is 0 Å². The van der Waals surface area contributed by atoms with Gasteiger partial charge >= 0.3 is 0 Å². The Morgan fingerprint density at radius 1 is 1.41 bits per heavy atom. The van der Waals surface area contributed by atoms with Crippen molar-refractivity contribution in [2.24, 2.45) is 0 Å². The molecule has 0 aliphatic rings. The van der Waals surface area contributed by atoms with E-state index in [0.29, 0.717) is 17.9 Å². The maximum atomic E-state index is 12.1. The van der Waals surface area contributed by atoms with E-state index >= 15 is 0 Å². The summed E-state index contributed by atoms with van der Waals surface area (Å²) in [4.78, 5) is 30.2. The molecule has 1 N–H and O–H groups in total. The Bertz CT molecular complexity index is 736. The lowest BCUT2D eigenvalue weighted by Gasteiger charge is -2.17. The fourth-order valence-corrected chi connectivity index (χ4v) is 2.28. The number of nitrogens with zero attached hydrogens (tertiary/aromatic N) is 3. The molecule has 0 saturated carbocycles. The maximum absolute atomic E-state index is 12.1. The fraction of sp³-hybridized carbons (Fsp3) is 0.438. The molecule has 0 spiro atoms. The van der Waals surface area contributed by atoms with Crippen molar-refractivity contribution in [3.05, 3.63) is 46.0 Å². The molecule has 0 aliphatic carbocycles. The second-order valence-corrected chi connectivity index (χ2v) is 5.91. The molecule has 0 bridgehead atoms. The third kappa shape index (κ3) is 4.14. The van der Waals surface area contributed by atoms with E-state index in [1.807, 2.05) is 44.9 Å². The van der Waals surface area contributed by atoms with Crippen molar-refractivity contribution in [1.82, 2.24) is 19.6 Å². The number of carbonyl (C=O) groups is 1. The van der Waals surface area contributed by atoms with Gasteiger partial charge in [-0.25, -0.2) is 4.98 Å². The smallest absolute Gasteiger partial charge is 0.258 e. The zero-order valence-electron chi connectivity index (χ0n) is 13.5. The van der Waals surface area contributed by atoms with E-state index in [2.05, 4.69) is 10.3 Å². The highest BCUT2D eigenvalue weighted by atomic mass is 16.2. The van der Waals surface area contributed by atoms with E-state index in [1.165, 1.54) is 10.5 Å². The van der Waals surface area contributed by atoms with E-state index in [9.17, 15) is 9.59 Å². The summed E-state index contributed by atoms with van der Waals surface area (Å²) in [6.45, 7) is 6.50. The molecule has 0 saturated heterocycles. The molecule has 6 heteroatoms. The topological polar surface area (TPSA) is 66.7 Å². The summed E-state index contributed by atoms with van der Waals surface area (Å²) in [6.07, 6.45) is 1.77. The molecule has 0 atom stereocenters. The summed E-state index contributed by atoms with van der Waals surface area (Å²) in [5.41, 5.74) is 2.18. The standard InChI is InChI=1S/C16H22N4O2/c1-11(2)17-15(21)10-19(4)9-13-7-16(22)20-8-12(3)5-6-14(20)18-13/h5-8,11H,9-10H2,1-4H3,(H,17,21). The van der Waals surface area contributed by atoms with Gasteiger partial charge in [-0.15, -0.1) is 0 Å². The van der Waals surface area contributed by atoms with Gasteiger partial charge in [0.05, 0.1) is 12.2 Å². The molecular formula is C16H22N4O2. The van der Waals surface area contributed by atoms with Crippen LogP contribution in [-0.4, -0.2) is 39.8 Å². The largest absolute Gasteiger partial charge is 0.353 e. The van der Waals surface area contributed by atoms with Crippen LogP contribution in [-0.2, 0) is 11.3 Å². The highest BCUT2D eigenvalue weighted by molar-refractivity contribution is 5.78. The number of nitrogens with one attached hydrogen (secondary N) is 1. The molecule has 0 fully saturated rings. The summed E-state index contributed by atoms with van der Waals surface area (Å²) < 4.78 is 1.53. The predicted molar refractivity (Wildman–Crippen MR) is 85.8 cm³/mol. The van der Waals surface area contributed by atoms with Crippen LogP contribution < -0.4 is 10.9 Å². The number of pyridine rings is 1. The van der Waals surface area contributed by atoms with Crippen LogP contribution in [0.4, 0.5) is 0 Å². The normalized spacial score (nSPS) is 11.4. The first-order chi connectivity index (χ1) is 10.3. The van der Waals surface area contributed by atoms with E-state index in [0.717, 1.165) is 5.56 Å². The van der Waals surface area contributed by atoms with E-state index in [-0.39, 0.29) is 24.1 Å². The third-order valence-corrected chi connectivity index (χ3v) is 3.16. The number of fused-ring (bicyclic) bond motifs is 1. The molecule has 2 aromatic rings. The highest BCUT2D eigenvalue weighted by Crippen LogP contribution is 2.04. The molecule has 0 radical (unpaired) electrons. The molecule has 0 aromatic carbocycles. The van der Waals surface area contributed by atoms with Gasteiger partial charge in [-0.1, -0.05) is 6.07 Å². The van der Waals surface area contributed by atoms with Crippen molar-refractivity contribution in [3.8, 4) is 0 Å². The molecule has 0 aliphatic heterocycles. The van der Waals surface area contributed by atoms with Crippen LogP contribution in [0.2, 0.25) is 0 Å². The number of carbonyl (C=O) groups excluding carboxylic acids is 1. The average Bonchev–Trinajstić information content (AvgIpc) is 2.38. The van der Waals surface area contributed by atoms with E-state index in [1.54, 1.807) is 6.20 Å². The van der Waals surface area contributed by atoms with Gasteiger partial charge in [-0.2, -0.15) is 0 Å². The van der Waals surface area contributed by atoms with Gasteiger partial charge in [0.2, 0.25) is 5.91 Å². The predicted octanol–water partition coefficient (Wildman–Crippen LogP) is 0.959. The van der Waals surface area contributed by atoms with Crippen molar-refractivity contribution in [2.75, 3.05) is 13.6 Å². The van der Waals surface area contributed by atoms with Gasteiger partial charge in [0.1, 0.15) is 5.65 Å². The zero-order chi connectivity index (χ0) is 16.3. The Labute approximate surface area is 129 Å². The Morgan fingerprint density at radius 3 is 2.82 bits per heavy atom. The monoisotopic (exact) mass is 302 g/mol. The lowest BCUT2D eigenvalue weighted by molar-refractivity contribution is -0.122. The third-order valence-electron chi connectivity index (χ3n) is 3.16. The lowest BCUT2D eigenvalue weighted by atomic mass is 10.3. The SMILES string of the molecule is Cc1ccc2nc(CN(C)CC(=O)NC(C)C)cc(=O)n2c1. The summed E-state index contributed by atoms with van der Waals surface area (Å²) in [6, 6.07) is 5.38. The van der Waals surface area contributed by atoms with Crippen molar-refractivity contribution in [1.29, 1.82) is 0 Å². The fourth-order valence-electron chi connectivity index (χ4n) is 2.28. The van der Waals surface area contributed by atoms with E-state index in [4.69, 9.17) is 0 Å². The van der Waals surface area contributed by atoms with Crippen molar-refractivity contribution < 1.29 is 4.79 Å². The van der Waals surface area contributed by atoms with Gasteiger partial charge in [-0.05, 0) is 39.4 Å². The maximum Gasteiger partial charge on any atom is 0.258 e. The number of hydrogen-bond donors (Lipinski definition) is 1. The average molecular weight is 302 g/mol. The molecule has 2 rings (SSSR count). The molecular weight excluding hydrogens is 280 g/mol. The van der Waals surface area contributed by atoms with Crippen LogP contribution in [0.1, 0.15) is 25.1 Å². The summed E-state index contributed by atoms with van der Waals surface area (Å²) in [7, 11) is 1.83.